The number of hydrogen-bond donors (Lipinski definition) is 1. The molecule has 116 valence electrons. The van der Waals surface area contributed by atoms with E-state index in [1.54, 1.807) is 4.90 Å². The van der Waals surface area contributed by atoms with Crippen molar-refractivity contribution in [3.05, 3.63) is 36.0 Å². The van der Waals surface area contributed by atoms with Crippen molar-refractivity contribution in [3.8, 4) is 0 Å². The van der Waals surface area contributed by atoms with E-state index in [0.717, 1.165) is 22.3 Å². The number of fused-ring (bicyclic) bond motifs is 1. The van der Waals surface area contributed by atoms with Crippen molar-refractivity contribution in [2.45, 2.75) is 13.3 Å². The minimum absolute atomic E-state index is 0.0793. The normalized spacial score (nSPS) is 19.1. The lowest BCUT2D eigenvalue weighted by Crippen LogP contribution is -2.27. The summed E-state index contributed by atoms with van der Waals surface area (Å²) in [7, 11) is -3.58. The molecule has 2 heterocycles. The summed E-state index contributed by atoms with van der Waals surface area (Å²) in [5, 5.41) is 5.98. The van der Waals surface area contributed by atoms with Crippen LogP contribution < -0.4 is 10.0 Å². The van der Waals surface area contributed by atoms with Gasteiger partial charge in [-0.2, -0.15) is 0 Å². The molecule has 6 nitrogen and oxygen atoms in total. The Morgan fingerprint density at radius 3 is 2.82 bits per heavy atom. The summed E-state index contributed by atoms with van der Waals surface area (Å²) >= 11 is 0. The first kappa shape index (κ1) is 14.9. The Balaban J connectivity index is 1.99. The zero-order valence-electron chi connectivity index (χ0n) is 12.2. The zero-order valence-corrected chi connectivity index (χ0v) is 13.0. The monoisotopic (exact) mass is 319 g/mol. The number of nitrogens with two attached hydrogens (primary N) is 1. The van der Waals surface area contributed by atoms with Gasteiger partial charge in [0.15, 0.2) is 0 Å². The van der Waals surface area contributed by atoms with Crippen molar-refractivity contribution >= 4 is 32.5 Å². The van der Waals surface area contributed by atoms with E-state index in [1.807, 2.05) is 37.3 Å². The summed E-state index contributed by atoms with van der Waals surface area (Å²) in [6, 6.07) is 9.46. The highest BCUT2D eigenvalue weighted by atomic mass is 32.2. The van der Waals surface area contributed by atoms with E-state index in [4.69, 9.17) is 5.14 Å². The van der Waals surface area contributed by atoms with E-state index in [9.17, 15) is 13.2 Å². The molecule has 0 aliphatic carbocycles. The molecule has 0 saturated carbocycles. The van der Waals surface area contributed by atoms with Crippen molar-refractivity contribution in [1.29, 1.82) is 0 Å². The van der Waals surface area contributed by atoms with Gasteiger partial charge in [-0.3, -0.25) is 9.78 Å². The molecular formula is C15H17N3O3S. The predicted octanol–water partition coefficient (Wildman–Crippen LogP) is 1.18. The number of amides is 1. The minimum Gasteiger partial charge on any atom is -0.311 e. The van der Waals surface area contributed by atoms with E-state index in [0.29, 0.717) is 6.54 Å². The summed E-state index contributed by atoms with van der Waals surface area (Å²) in [5.74, 6) is -0.517. The first-order valence-corrected chi connectivity index (χ1v) is 8.72. The first-order chi connectivity index (χ1) is 10.3. The smallest absolute Gasteiger partial charge is 0.227 e. The minimum atomic E-state index is -3.58. The molecule has 1 unspecified atom stereocenters. The maximum atomic E-state index is 12.3. The maximum absolute atomic E-state index is 12.3. The Morgan fingerprint density at radius 2 is 2.09 bits per heavy atom. The van der Waals surface area contributed by atoms with Gasteiger partial charge in [0.2, 0.25) is 15.9 Å². The molecule has 7 heteroatoms. The van der Waals surface area contributed by atoms with E-state index < -0.39 is 10.0 Å². The second-order valence-electron chi connectivity index (χ2n) is 5.70. The van der Waals surface area contributed by atoms with Crippen LogP contribution in [-0.2, 0) is 14.8 Å². The number of para-hydroxylation sites is 1. The lowest BCUT2D eigenvalue weighted by Gasteiger charge is -2.19. The third-order valence-corrected chi connectivity index (χ3v) is 4.72. The van der Waals surface area contributed by atoms with Crippen molar-refractivity contribution < 1.29 is 13.2 Å². The van der Waals surface area contributed by atoms with Gasteiger partial charge in [-0.25, -0.2) is 13.6 Å². The third kappa shape index (κ3) is 2.95. The number of hydrogen-bond acceptors (Lipinski definition) is 4. The fourth-order valence-electron chi connectivity index (χ4n) is 2.96. The molecule has 22 heavy (non-hydrogen) atoms. The van der Waals surface area contributed by atoms with Gasteiger partial charge in [-0.1, -0.05) is 18.2 Å². The Labute approximate surface area is 129 Å². The number of nitrogens with zero attached hydrogens (tertiary/aromatic N) is 2. The number of pyridine rings is 1. The van der Waals surface area contributed by atoms with Crippen LogP contribution in [-0.4, -0.2) is 31.6 Å². The van der Waals surface area contributed by atoms with Gasteiger partial charge < -0.3 is 4.90 Å². The number of primary sulfonamides is 1. The van der Waals surface area contributed by atoms with E-state index >= 15 is 0 Å². The summed E-state index contributed by atoms with van der Waals surface area (Å²) in [6.07, 6.45) is 0.201. The predicted molar refractivity (Wildman–Crippen MR) is 84.9 cm³/mol. The molecule has 2 N–H and O–H groups in total. The molecule has 0 radical (unpaired) electrons. The van der Waals surface area contributed by atoms with Crippen LogP contribution in [0, 0.1) is 12.8 Å². The molecule has 1 aliphatic heterocycles. The largest absolute Gasteiger partial charge is 0.311 e. The number of anilines is 1. The van der Waals surface area contributed by atoms with E-state index in [2.05, 4.69) is 4.98 Å². The molecule has 3 rings (SSSR count). The van der Waals surface area contributed by atoms with Crippen LogP contribution in [0.3, 0.4) is 0 Å². The van der Waals surface area contributed by atoms with Crippen molar-refractivity contribution in [2.24, 2.45) is 11.1 Å². The van der Waals surface area contributed by atoms with Gasteiger partial charge in [0.1, 0.15) is 0 Å². The fraction of sp³-hybridized carbons (Fsp3) is 0.333. The highest BCUT2D eigenvalue weighted by Crippen LogP contribution is 2.31. The van der Waals surface area contributed by atoms with Crippen molar-refractivity contribution in [1.82, 2.24) is 4.98 Å². The molecule has 1 atom stereocenters. The van der Waals surface area contributed by atoms with Crippen LogP contribution in [0.25, 0.3) is 10.9 Å². The standard InChI is InChI=1S/C15H17N3O3S/c1-10-6-14(12-4-2-3-5-13(12)17-10)18-8-11(7-15(18)19)9-22(16,20)21/h2-6,11H,7-9H2,1H3,(H2,16,20,21). The lowest BCUT2D eigenvalue weighted by atomic mass is 10.1. The number of carbonyl (C=O) groups is 1. The molecule has 0 bridgehead atoms. The average molecular weight is 319 g/mol. The van der Waals surface area contributed by atoms with Gasteiger partial charge in [0, 0.05) is 30.0 Å². The molecule has 1 saturated heterocycles. The summed E-state index contributed by atoms with van der Waals surface area (Å²) in [4.78, 5) is 18.4. The number of sulfonamides is 1. The van der Waals surface area contributed by atoms with Crippen LogP contribution in [0.2, 0.25) is 0 Å². The number of benzene rings is 1. The van der Waals surface area contributed by atoms with Gasteiger partial charge in [-0.05, 0) is 19.1 Å². The van der Waals surface area contributed by atoms with E-state index in [1.165, 1.54) is 0 Å². The van der Waals surface area contributed by atoms with Gasteiger partial charge in [0.25, 0.3) is 0 Å². The number of rotatable bonds is 3. The number of aryl methyl sites for hydroxylation is 1. The molecule has 1 fully saturated rings. The van der Waals surface area contributed by atoms with Crippen molar-refractivity contribution in [2.75, 3.05) is 17.2 Å². The summed E-state index contributed by atoms with van der Waals surface area (Å²) in [5.41, 5.74) is 2.42. The topological polar surface area (TPSA) is 93.4 Å². The second kappa shape index (κ2) is 5.33. The Hall–Kier alpha value is -1.99. The van der Waals surface area contributed by atoms with E-state index in [-0.39, 0.29) is 24.0 Å². The Morgan fingerprint density at radius 1 is 1.36 bits per heavy atom. The van der Waals surface area contributed by atoms with Crippen LogP contribution in [0.4, 0.5) is 5.69 Å². The number of carbonyl (C=O) groups excluding carboxylic acids is 1. The third-order valence-electron chi connectivity index (χ3n) is 3.79. The second-order valence-corrected chi connectivity index (χ2v) is 7.36. The summed E-state index contributed by atoms with van der Waals surface area (Å²) < 4.78 is 22.5. The van der Waals surface area contributed by atoms with Gasteiger partial charge in [0.05, 0.1) is 17.0 Å². The molecule has 1 aromatic heterocycles. The number of aromatic nitrogens is 1. The van der Waals surface area contributed by atoms with Crippen LogP contribution in [0.15, 0.2) is 30.3 Å². The fourth-order valence-corrected chi connectivity index (χ4v) is 3.84. The molecule has 2 aromatic rings. The zero-order chi connectivity index (χ0) is 15.9. The highest BCUT2D eigenvalue weighted by Gasteiger charge is 2.33. The lowest BCUT2D eigenvalue weighted by molar-refractivity contribution is -0.117. The first-order valence-electron chi connectivity index (χ1n) is 7.01. The molecule has 0 spiro atoms. The van der Waals surface area contributed by atoms with Crippen LogP contribution in [0.1, 0.15) is 12.1 Å². The molecular weight excluding hydrogens is 302 g/mol. The SMILES string of the molecule is Cc1cc(N2CC(CS(N)(=O)=O)CC2=O)c2ccccc2n1. The maximum Gasteiger partial charge on any atom is 0.227 e. The molecule has 1 amide bonds. The van der Waals surface area contributed by atoms with Crippen molar-refractivity contribution in [3.63, 3.8) is 0 Å². The Bertz CT molecular complexity index is 848. The molecule has 1 aliphatic rings. The van der Waals surface area contributed by atoms with Gasteiger partial charge in [-0.15, -0.1) is 0 Å². The highest BCUT2D eigenvalue weighted by molar-refractivity contribution is 7.89. The van der Waals surface area contributed by atoms with Gasteiger partial charge >= 0.3 is 0 Å². The average Bonchev–Trinajstić information content (AvgIpc) is 2.76. The Kier molecular flexibility index (Phi) is 3.62. The molecule has 1 aromatic carbocycles. The van der Waals surface area contributed by atoms with Crippen LogP contribution in [0.5, 0.6) is 0 Å². The van der Waals surface area contributed by atoms with Crippen LogP contribution >= 0.6 is 0 Å². The summed E-state index contributed by atoms with van der Waals surface area (Å²) in [6.45, 7) is 2.24. The quantitative estimate of drug-likeness (QED) is 0.919.